The van der Waals surface area contributed by atoms with E-state index < -0.39 is 14.9 Å². The van der Waals surface area contributed by atoms with Crippen molar-refractivity contribution >= 4 is 19.7 Å². The molecule has 0 saturated heterocycles. The molecule has 2 aromatic rings. The van der Waals surface area contributed by atoms with E-state index in [4.69, 9.17) is 15.4 Å². The number of rotatable bonds is 4. The fourth-order valence-electron chi connectivity index (χ4n) is 1.70. The van der Waals surface area contributed by atoms with E-state index >= 15 is 0 Å². The van der Waals surface area contributed by atoms with Crippen LogP contribution in [-0.4, -0.2) is 8.42 Å². The second kappa shape index (κ2) is 5.81. The van der Waals surface area contributed by atoms with Crippen molar-refractivity contribution in [3.8, 4) is 5.75 Å². The largest absolute Gasteiger partial charge is 0.487 e. The van der Waals surface area contributed by atoms with Crippen LogP contribution in [0.3, 0.4) is 0 Å². The monoisotopic (exact) mass is 314 g/mol. The first-order valence-corrected chi connectivity index (χ1v) is 8.10. The van der Waals surface area contributed by atoms with Gasteiger partial charge >= 0.3 is 0 Å². The molecule has 0 fully saturated rings. The minimum atomic E-state index is -3.92. The smallest absolute Gasteiger partial charge is 0.264 e. The van der Waals surface area contributed by atoms with Crippen LogP contribution in [0.5, 0.6) is 5.75 Å². The van der Waals surface area contributed by atoms with Gasteiger partial charge < -0.3 is 4.74 Å². The molecule has 0 unspecified atom stereocenters. The molecule has 0 aliphatic carbocycles. The molecule has 106 valence electrons. The van der Waals surface area contributed by atoms with E-state index in [2.05, 4.69) is 0 Å². The SMILES string of the molecule is Cc1ccc(OCc2ccccc2F)c(S(=O)(=O)Cl)c1. The van der Waals surface area contributed by atoms with Gasteiger partial charge in [-0.25, -0.2) is 12.8 Å². The average molecular weight is 315 g/mol. The van der Waals surface area contributed by atoms with Gasteiger partial charge in [0.15, 0.2) is 0 Å². The standard InChI is InChI=1S/C14H12ClFO3S/c1-10-6-7-13(14(8-10)20(15,17)18)19-9-11-4-2-3-5-12(11)16/h2-8H,9H2,1H3. The van der Waals surface area contributed by atoms with E-state index in [0.717, 1.165) is 5.56 Å². The van der Waals surface area contributed by atoms with Crippen LogP contribution in [0.25, 0.3) is 0 Å². The van der Waals surface area contributed by atoms with Gasteiger partial charge in [-0.15, -0.1) is 0 Å². The third kappa shape index (κ3) is 3.49. The lowest BCUT2D eigenvalue weighted by Gasteiger charge is -2.11. The van der Waals surface area contributed by atoms with E-state index in [9.17, 15) is 12.8 Å². The molecule has 20 heavy (non-hydrogen) atoms. The van der Waals surface area contributed by atoms with Crippen molar-refractivity contribution in [1.82, 2.24) is 0 Å². The Hall–Kier alpha value is -1.59. The molecule has 0 aliphatic heterocycles. The topological polar surface area (TPSA) is 43.4 Å². The lowest BCUT2D eigenvalue weighted by molar-refractivity contribution is 0.292. The fraction of sp³-hybridized carbons (Fsp3) is 0.143. The first kappa shape index (κ1) is 14.8. The molecule has 0 saturated carbocycles. The van der Waals surface area contributed by atoms with E-state index in [1.54, 1.807) is 31.2 Å². The zero-order chi connectivity index (χ0) is 14.8. The molecule has 0 atom stereocenters. The van der Waals surface area contributed by atoms with Crippen LogP contribution in [0, 0.1) is 12.7 Å². The Kier molecular flexibility index (Phi) is 4.30. The zero-order valence-electron chi connectivity index (χ0n) is 10.6. The van der Waals surface area contributed by atoms with Crippen molar-refractivity contribution in [1.29, 1.82) is 0 Å². The average Bonchev–Trinajstić information content (AvgIpc) is 2.38. The summed E-state index contributed by atoms with van der Waals surface area (Å²) in [7, 11) is 1.45. The lowest BCUT2D eigenvalue weighted by atomic mass is 10.2. The number of halogens is 2. The van der Waals surface area contributed by atoms with Crippen LogP contribution in [0.2, 0.25) is 0 Å². The van der Waals surface area contributed by atoms with Crippen molar-refractivity contribution in [2.75, 3.05) is 0 Å². The predicted octanol–water partition coefficient (Wildman–Crippen LogP) is 3.64. The van der Waals surface area contributed by atoms with Crippen LogP contribution in [-0.2, 0) is 15.7 Å². The Labute approximate surface area is 121 Å². The Morgan fingerprint density at radius 3 is 2.55 bits per heavy atom. The molecule has 2 rings (SSSR count). The normalized spacial score (nSPS) is 11.3. The van der Waals surface area contributed by atoms with Crippen molar-refractivity contribution in [3.63, 3.8) is 0 Å². The van der Waals surface area contributed by atoms with Crippen molar-refractivity contribution in [3.05, 3.63) is 59.4 Å². The zero-order valence-corrected chi connectivity index (χ0v) is 12.2. The molecule has 0 amide bonds. The fourth-order valence-corrected chi connectivity index (χ4v) is 2.75. The van der Waals surface area contributed by atoms with Crippen molar-refractivity contribution in [2.24, 2.45) is 0 Å². The maximum atomic E-state index is 13.5. The summed E-state index contributed by atoms with van der Waals surface area (Å²) in [6.07, 6.45) is 0. The molecule has 0 bridgehead atoms. The van der Waals surface area contributed by atoms with E-state index in [1.165, 1.54) is 18.2 Å². The summed E-state index contributed by atoms with van der Waals surface area (Å²) in [5, 5.41) is 0. The number of hydrogen-bond acceptors (Lipinski definition) is 3. The Bertz CT molecular complexity index is 729. The first-order chi connectivity index (χ1) is 9.38. The first-order valence-electron chi connectivity index (χ1n) is 5.79. The Morgan fingerprint density at radius 2 is 1.90 bits per heavy atom. The van der Waals surface area contributed by atoms with Crippen LogP contribution >= 0.6 is 10.7 Å². The van der Waals surface area contributed by atoms with Gasteiger partial charge in [0.1, 0.15) is 23.1 Å². The minimum Gasteiger partial charge on any atom is -0.487 e. The molecule has 0 aliphatic rings. The summed E-state index contributed by atoms with van der Waals surface area (Å²) >= 11 is 0. The van der Waals surface area contributed by atoms with Crippen LogP contribution in [0.1, 0.15) is 11.1 Å². The summed E-state index contributed by atoms with van der Waals surface area (Å²) in [5.41, 5.74) is 1.08. The second-order valence-electron chi connectivity index (χ2n) is 4.27. The Morgan fingerprint density at radius 1 is 1.20 bits per heavy atom. The van der Waals surface area contributed by atoms with Crippen molar-refractivity contribution in [2.45, 2.75) is 18.4 Å². The van der Waals surface area contributed by atoms with Crippen LogP contribution in [0.4, 0.5) is 4.39 Å². The third-order valence-electron chi connectivity index (χ3n) is 2.70. The second-order valence-corrected chi connectivity index (χ2v) is 6.80. The van der Waals surface area contributed by atoms with Crippen LogP contribution in [0.15, 0.2) is 47.4 Å². The Balaban J connectivity index is 2.29. The molecule has 0 spiro atoms. The molecule has 0 radical (unpaired) electrons. The highest BCUT2D eigenvalue weighted by Gasteiger charge is 2.17. The highest BCUT2D eigenvalue weighted by atomic mass is 35.7. The van der Waals surface area contributed by atoms with Gasteiger partial charge in [-0.05, 0) is 30.7 Å². The van der Waals surface area contributed by atoms with Gasteiger partial charge in [0.05, 0.1) is 0 Å². The minimum absolute atomic E-state index is 0.0743. The summed E-state index contributed by atoms with van der Waals surface area (Å²) in [6.45, 7) is 1.67. The highest BCUT2D eigenvalue weighted by Crippen LogP contribution is 2.28. The highest BCUT2D eigenvalue weighted by molar-refractivity contribution is 8.13. The number of benzene rings is 2. The van der Waals surface area contributed by atoms with Crippen LogP contribution < -0.4 is 4.74 Å². The molecule has 0 heterocycles. The third-order valence-corrected chi connectivity index (χ3v) is 4.05. The quantitative estimate of drug-likeness (QED) is 0.809. The summed E-state index contributed by atoms with van der Waals surface area (Å²) in [5.74, 6) is -0.302. The summed E-state index contributed by atoms with van der Waals surface area (Å²) < 4.78 is 41.8. The maximum Gasteiger partial charge on any atom is 0.264 e. The number of aryl methyl sites for hydroxylation is 1. The van der Waals surface area contributed by atoms with Gasteiger partial charge in [-0.2, -0.15) is 0 Å². The molecular weight excluding hydrogens is 303 g/mol. The molecule has 2 aromatic carbocycles. The molecular formula is C14H12ClFO3S. The summed E-state index contributed by atoms with van der Waals surface area (Å²) in [4.78, 5) is -0.115. The predicted molar refractivity (Wildman–Crippen MR) is 74.9 cm³/mol. The van der Waals surface area contributed by atoms with E-state index in [-0.39, 0.29) is 17.3 Å². The van der Waals surface area contributed by atoms with Gasteiger partial charge in [0.25, 0.3) is 9.05 Å². The molecule has 0 N–H and O–H groups in total. The molecule has 0 aromatic heterocycles. The van der Waals surface area contributed by atoms with Crippen molar-refractivity contribution < 1.29 is 17.5 Å². The van der Waals surface area contributed by atoms with Gasteiger partial charge in [0, 0.05) is 16.2 Å². The maximum absolute atomic E-state index is 13.5. The summed E-state index contributed by atoms with van der Waals surface area (Å²) in [6, 6.07) is 10.7. The van der Waals surface area contributed by atoms with E-state index in [1.807, 2.05) is 0 Å². The molecule has 6 heteroatoms. The lowest BCUT2D eigenvalue weighted by Crippen LogP contribution is -2.02. The van der Waals surface area contributed by atoms with Gasteiger partial charge in [-0.1, -0.05) is 24.3 Å². The number of hydrogen-bond donors (Lipinski definition) is 0. The van der Waals surface area contributed by atoms with Gasteiger partial charge in [0.2, 0.25) is 0 Å². The van der Waals surface area contributed by atoms with Gasteiger partial charge in [-0.3, -0.25) is 0 Å². The number of ether oxygens (including phenoxy) is 1. The van der Waals surface area contributed by atoms with E-state index in [0.29, 0.717) is 5.56 Å². The molecule has 3 nitrogen and oxygen atoms in total.